The predicted molar refractivity (Wildman–Crippen MR) is 189 cm³/mol. The lowest BCUT2D eigenvalue weighted by Gasteiger charge is -2.38. The number of nitrogens with zero attached hydrogens (tertiary/aromatic N) is 5. The van der Waals surface area contributed by atoms with Gasteiger partial charge in [0, 0.05) is 55.6 Å². The van der Waals surface area contributed by atoms with Crippen LogP contribution in [-0.2, 0) is 16.0 Å². The molecule has 48 heavy (non-hydrogen) atoms. The Morgan fingerprint density at radius 1 is 1.00 bits per heavy atom. The predicted octanol–water partition coefficient (Wildman–Crippen LogP) is 4.59. The molecule has 0 unspecified atom stereocenters. The number of aromatic amines is 1. The highest BCUT2D eigenvalue weighted by molar-refractivity contribution is 6.33. The van der Waals surface area contributed by atoms with E-state index in [1.807, 2.05) is 34.1 Å². The molecule has 0 bridgehead atoms. The lowest BCUT2D eigenvalue weighted by atomic mass is 9.91. The number of imidazole rings is 1. The number of terminal acetylenes is 1. The number of para-hydroxylation sites is 1. The first-order valence-electron chi connectivity index (χ1n) is 17.1. The number of nitrogen functional groups attached to an aromatic ring is 1. The van der Waals surface area contributed by atoms with E-state index >= 15 is 0 Å². The van der Waals surface area contributed by atoms with Crippen molar-refractivity contribution in [2.45, 2.75) is 63.5 Å². The fourth-order valence-electron chi connectivity index (χ4n) is 8.06. The number of piperidine rings is 2. The number of aromatic nitrogens is 3. The molecule has 3 fully saturated rings. The maximum absolute atomic E-state index is 14.1. The van der Waals surface area contributed by atoms with Gasteiger partial charge < -0.3 is 25.4 Å². The van der Waals surface area contributed by atoms with E-state index in [1.54, 1.807) is 22.9 Å². The van der Waals surface area contributed by atoms with Crippen LogP contribution in [0.15, 0.2) is 47.4 Å². The van der Waals surface area contributed by atoms with Crippen LogP contribution in [0.4, 0.5) is 5.69 Å². The molecule has 3 saturated heterocycles. The molecule has 1 atom stereocenters. The molecule has 4 aromatic rings. The molecule has 3 N–H and O–H groups in total. The fourth-order valence-corrected chi connectivity index (χ4v) is 8.30. The molecule has 0 aliphatic carbocycles. The molecule has 5 heterocycles. The van der Waals surface area contributed by atoms with Crippen LogP contribution in [0.5, 0.6) is 0 Å². The number of amides is 2. The van der Waals surface area contributed by atoms with Gasteiger partial charge in [-0.2, -0.15) is 0 Å². The third kappa shape index (κ3) is 6.29. The summed E-state index contributed by atoms with van der Waals surface area (Å²) in [6, 6.07) is 11.8. The van der Waals surface area contributed by atoms with Crippen LogP contribution in [0.2, 0.25) is 5.02 Å². The van der Waals surface area contributed by atoms with Crippen molar-refractivity contribution >= 4 is 51.0 Å². The summed E-state index contributed by atoms with van der Waals surface area (Å²) in [5, 5.41) is 1.26. The highest BCUT2D eigenvalue weighted by atomic mass is 35.5. The van der Waals surface area contributed by atoms with E-state index in [4.69, 9.17) is 23.8 Å². The monoisotopic (exact) mass is 667 g/mol. The van der Waals surface area contributed by atoms with E-state index in [0.29, 0.717) is 67.8 Å². The quantitative estimate of drug-likeness (QED) is 0.220. The lowest BCUT2D eigenvalue weighted by Crippen LogP contribution is -2.48. The summed E-state index contributed by atoms with van der Waals surface area (Å²) >= 11 is 6.42. The molecule has 11 heteroatoms. The number of hydrogen-bond acceptors (Lipinski definition) is 6. The van der Waals surface area contributed by atoms with Gasteiger partial charge >= 0.3 is 5.69 Å². The minimum atomic E-state index is -0.556. The normalized spacial score (nSPS) is 18.8. The number of anilines is 1. The Balaban J connectivity index is 1.05. The van der Waals surface area contributed by atoms with E-state index in [-0.39, 0.29) is 30.0 Å². The Hall–Kier alpha value is -4.33. The molecule has 0 spiro atoms. The average molecular weight is 668 g/mol. The minimum Gasteiger partial charge on any atom is -0.397 e. The van der Waals surface area contributed by atoms with Crippen molar-refractivity contribution in [3.05, 3.63) is 69.2 Å². The second kappa shape index (κ2) is 13.7. The van der Waals surface area contributed by atoms with Crippen LogP contribution < -0.4 is 11.4 Å². The zero-order valence-corrected chi connectivity index (χ0v) is 27.9. The second-order valence-electron chi connectivity index (χ2n) is 13.5. The summed E-state index contributed by atoms with van der Waals surface area (Å²) in [6.45, 7) is 4.67. The van der Waals surface area contributed by atoms with Gasteiger partial charge in [0.15, 0.2) is 0 Å². The highest BCUT2D eigenvalue weighted by Gasteiger charge is 2.34. The number of benzene rings is 2. The first-order chi connectivity index (χ1) is 23.3. The van der Waals surface area contributed by atoms with Gasteiger partial charge in [-0.15, -0.1) is 6.42 Å². The van der Waals surface area contributed by atoms with Gasteiger partial charge in [0.1, 0.15) is 0 Å². The number of carbonyl (C=O) groups is 2. The van der Waals surface area contributed by atoms with E-state index in [2.05, 4.69) is 20.8 Å². The number of likely N-dealkylation sites (tertiary alicyclic amines) is 3. The molecule has 250 valence electrons. The van der Waals surface area contributed by atoms with Crippen LogP contribution in [0.3, 0.4) is 0 Å². The van der Waals surface area contributed by atoms with Crippen molar-refractivity contribution < 1.29 is 9.59 Å². The summed E-state index contributed by atoms with van der Waals surface area (Å²) in [5.74, 6) is 1.97. The molecule has 3 aliphatic rings. The van der Waals surface area contributed by atoms with Crippen molar-refractivity contribution in [1.82, 2.24) is 29.2 Å². The number of H-pyrrole nitrogens is 1. The van der Waals surface area contributed by atoms with Crippen LogP contribution in [-0.4, -0.2) is 86.4 Å². The average Bonchev–Trinajstić information content (AvgIpc) is 3.77. The van der Waals surface area contributed by atoms with E-state index in [9.17, 15) is 14.4 Å². The third-order valence-corrected chi connectivity index (χ3v) is 11.0. The summed E-state index contributed by atoms with van der Waals surface area (Å²) in [4.78, 5) is 55.1. The van der Waals surface area contributed by atoms with Crippen LogP contribution in [0.25, 0.3) is 21.9 Å². The van der Waals surface area contributed by atoms with Gasteiger partial charge in [0.05, 0.1) is 39.4 Å². The van der Waals surface area contributed by atoms with Gasteiger partial charge in [0.25, 0.3) is 0 Å². The molecular formula is C37H42ClN7O3. The number of nitrogens with two attached hydrogens (primary N) is 1. The molecule has 0 radical (unpaired) electrons. The second-order valence-corrected chi connectivity index (χ2v) is 13.9. The zero-order chi connectivity index (χ0) is 33.4. The number of carbonyl (C=O) groups excluding carboxylic acids is 2. The Bertz CT molecular complexity index is 1940. The summed E-state index contributed by atoms with van der Waals surface area (Å²) < 4.78 is 1.79. The molecule has 10 nitrogen and oxygen atoms in total. The standard InChI is InChI=1S/C37H42ClN7O3/c1-2-25-19-24(21-30(38)34(25)39)20-26(36(47)44-17-9-27(10-18-44)42-13-5-6-14-42)22-33(46)43-15-11-28(12-16-43)45-32-23-40-31-8-4-3-7-29(31)35(32)41-37(45)48/h1,3-4,7-8,19,21,23,26-28H,5-6,9-18,20,22,39H2,(H,41,48)/t26-/m0/s1. The maximum atomic E-state index is 14.1. The minimum absolute atomic E-state index is 0.00150. The third-order valence-electron chi connectivity index (χ3n) is 10.7. The topological polar surface area (TPSA) is 121 Å². The number of halogens is 1. The number of fused-ring (bicyclic) bond motifs is 3. The molecule has 2 aromatic heterocycles. The Morgan fingerprint density at radius 3 is 2.42 bits per heavy atom. The SMILES string of the molecule is C#Cc1cc(C[C@@H](CC(=O)N2CCC(n3c(=O)[nH]c4c5ccccc5ncc43)CC2)C(=O)N2CCC(N3CCCC3)CC2)cc(Cl)c1N. The zero-order valence-electron chi connectivity index (χ0n) is 27.2. The van der Waals surface area contributed by atoms with Crippen LogP contribution in [0, 0.1) is 18.3 Å². The van der Waals surface area contributed by atoms with Crippen LogP contribution in [0.1, 0.15) is 62.1 Å². The summed E-state index contributed by atoms with van der Waals surface area (Å²) in [5.41, 5.74) is 9.92. The Kier molecular flexibility index (Phi) is 9.17. The van der Waals surface area contributed by atoms with E-state index in [1.165, 1.54) is 12.8 Å². The number of rotatable bonds is 7. The summed E-state index contributed by atoms with van der Waals surface area (Å²) in [6.07, 6.45) is 13.5. The lowest BCUT2D eigenvalue weighted by molar-refractivity contribution is -0.143. The van der Waals surface area contributed by atoms with Gasteiger partial charge in [-0.1, -0.05) is 35.7 Å². The molecule has 2 amide bonds. The molecule has 0 saturated carbocycles. The van der Waals surface area contributed by atoms with E-state index in [0.717, 1.165) is 53.4 Å². The maximum Gasteiger partial charge on any atom is 0.326 e. The molecule has 2 aromatic carbocycles. The number of pyridine rings is 1. The van der Waals surface area contributed by atoms with Gasteiger partial charge in [-0.25, -0.2) is 4.79 Å². The van der Waals surface area contributed by atoms with Gasteiger partial charge in [-0.3, -0.25) is 19.1 Å². The molecule has 3 aliphatic heterocycles. The van der Waals surface area contributed by atoms with Crippen LogP contribution >= 0.6 is 11.6 Å². The first kappa shape index (κ1) is 32.2. The molecule has 7 rings (SSSR count). The van der Waals surface area contributed by atoms with Gasteiger partial charge in [-0.05, 0) is 81.8 Å². The van der Waals surface area contributed by atoms with Crippen molar-refractivity contribution in [2.75, 3.05) is 45.0 Å². The van der Waals surface area contributed by atoms with Gasteiger partial charge in [0.2, 0.25) is 11.8 Å². The van der Waals surface area contributed by atoms with E-state index < -0.39 is 5.92 Å². The Morgan fingerprint density at radius 2 is 1.69 bits per heavy atom. The summed E-state index contributed by atoms with van der Waals surface area (Å²) in [7, 11) is 0. The van der Waals surface area contributed by atoms with Crippen molar-refractivity contribution in [3.8, 4) is 12.3 Å². The molecular weight excluding hydrogens is 626 g/mol. The smallest absolute Gasteiger partial charge is 0.326 e. The fraction of sp³-hybridized carbons (Fsp3) is 0.459. The number of hydrogen-bond donors (Lipinski definition) is 2. The van der Waals surface area contributed by atoms with Crippen molar-refractivity contribution in [3.63, 3.8) is 0 Å². The highest BCUT2D eigenvalue weighted by Crippen LogP contribution is 2.31. The van der Waals surface area contributed by atoms with Crippen molar-refractivity contribution in [2.24, 2.45) is 5.92 Å². The first-order valence-corrected chi connectivity index (χ1v) is 17.5. The van der Waals surface area contributed by atoms with Crippen molar-refractivity contribution in [1.29, 1.82) is 0 Å². The number of nitrogens with one attached hydrogen (secondary N) is 1. The largest absolute Gasteiger partial charge is 0.397 e. The Labute approximate surface area is 285 Å².